The first kappa shape index (κ1) is 15.5. The summed E-state index contributed by atoms with van der Waals surface area (Å²) in [5.74, 6) is 0.343. The van der Waals surface area contributed by atoms with Crippen molar-refractivity contribution in [3.63, 3.8) is 0 Å². The first-order chi connectivity index (χ1) is 10.1. The Morgan fingerprint density at radius 2 is 2.29 bits per heavy atom. The molecule has 0 saturated carbocycles. The van der Waals surface area contributed by atoms with Gasteiger partial charge in [-0.1, -0.05) is 0 Å². The summed E-state index contributed by atoms with van der Waals surface area (Å²) in [6.45, 7) is 2.18. The van der Waals surface area contributed by atoms with E-state index in [9.17, 15) is 4.79 Å². The van der Waals surface area contributed by atoms with Crippen LogP contribution in [0.5, 0.6) is 0 Å². The van der Waals surface area contributed by atoms with E-state index in [0.29, 0.717) is 12.5 Å². The molecule has 0 atom stereocenters. The zero-order valence-corrected chi connectivity index (χ0v) is 13.5. The minimum Gasteiger partial charge on any atom is -0.370 e. The van der Waals surface area contributed by atoms with Gasteiger partial charge in [-0.25, -0.2) is 4.98 Å². The van der Waals surface area contributed by atoms with Crippen molar-refractivity contribution in [2.75, 3.05) is 18.9 Å². The number of nitrogens with two attached hydrogens (primary N) is 1. The molecule has 4 N–H and O–H groups in total. The van der Waals surface area contributed by atoms with Crippen molar-refractivity contribution >= 4 is 39.7 Å². The van der Waals surface area contributed by atoms with E-state index in [4.69, 9.17) is 5.73 Å². The average molecular weight is 323 g/mol. The average Bonchev–Trinajstić information content (AvgIpc) is 3.07. The molecule has 112 valence electrons. The molecule has 0 unspecified atom stereocenters. The zero-order valence-electron chi connectivity index (χ0n) is 11.8. The van der Waals surface area contributed by atoms with E-state index in [1.54, 1.807) is 18.4 Å². The standard InChI is InChI=1S/C13H17N5OS2/c1-8(19)16-6-5-9-3-4-11(21-9)10-7-20-13(17-10)18-12(14)15-2/h3-4,7H,5-6H2,1-2H3,(H,16,19)(H3,14,15,17,18). The Morgan fingerprint density at radius 1 is 1.48 bits per heavy atom. The fraction of sp³-hybridized carbons (Fsp3) is 0.308. The zero-order chi connectivity index (χ0) is 15.2. The Bertz CT molecular complexity index is 647. The van der Waals surface area contributed by atoms with Crippen molar-refractivity contribution in [3.8, 4) is 10.6 Å². The fourth-order valence-corrected chi connectivity index (χ4v) is 3.38. The van der Waals surface area contributed by atoms with Crippen molar-refractivity contribution in [2.24, 2.45) is 10.7 Å². The lowest BCUT2D eigenvalue weighted by atomic mass is 10.3. The maximum atomic E-state index is 10.8. The number of aliphatic imine (C=N–C) groups is 1. The third kappa shape index (κ3) is 4.54. The maximum Gasteiger partial charge on any atom is 0.216 e. The third-order valence-electron chi connectivity index (χ3n) is 2.64. The van der Waals surface area contributed by atoms with Crippen molar-refractivity contribution in [2.45, 2.75) is 13.3 Å². The number of rotatable bonds is 5. The van der Waals surface area contributed by atoms with Crippen molar-refractivity contribution in [3.05, 3.63) is 22.4 Å². The summed E-state index contributed by atoms with van der Waals surface area (Å²) in [6.07, 6.45) is 0.828. The second-order valence-electron chi connectivity index (χ2n) is 4.27. The number of carbonyl (C=O) groups is 1. The maximum absolute atomic E-state index is 10.8. The minimum absolute atomic E-state index is 0.00262. The van der Waals surface area contributed by atoms with Gasteiger partial charge in [0.2, 0.25) is 5.91 Å². The lowest BCUT2D eigenvalue weighted by molar-refractivity contribution is -0.118. The molecule has 8 heteroatoms. The molecule has 2 rings (SSSR count). The van der Waals surface area contributed by atoms with E-state index >= 15 is 0 Å². The van der Waals surface area contributed by atoms with Crippen LogP contribution in [0.3, 0.4) is 0 Å². The molecule has 0 aliphatic carbocycles. The molecule has 0 saturated heterocycles. The number of amides is 1. The van der Waals surface area contributed by atoms with Crippen LogP contribution in [0.4, 0.5) is 5.13 Å². The monoisotopic (exact) mass is 323 g/mol. The molecular formula is C13H17N5OS2. The highest BCUT2D eigenvalue weighted by atomic mass is 32.1. The quantitative estimate of drug-likeness (QED) is 0.579. The molecule has 6 nitrogen and oxygen atoms in total. The number of guanidine groups is 1. The first-order valence-electron chi connectivity index (χ1n) is 6.37. The van der Waals surface area contributed by atoms with Crippen LogP contribution in [0.15, 0.2) is 22.5 Å². The van der Waals surface area contributed by atoms with Crippen LogP contribution in [0, 0.1) is 0 Å². The number of anilines is 1. The van der Waals surface area contributed by atoms with Gasteiger partial charge in [0, 0.05) is 30.8 Å². The van der Waals surface area contributed by atoms with Gasteiger partial charge in [-0.15, -0.1) is 22.7 Å². The van der Waals surface area contributed by atoms with Gasteiger partial charge in [-0.2, -0.15) is 0 Å². The molecular weight excluding hydrogens is 306 g/mol. The van der Waals surface area contributed by atoms with Gasteiger partial charge < -0.3 is 16.4 Å². The van der Waals surface area contributed by atoms with Gasteiger partial charge in [-0.3, -0.25) is 9.79 Å². The summed E-state index contributed by atoms with van der Waals surface area (Å²) < 4.78 is 0. The predicted octanol–water partition coefficient (Wildman–Crippen LogP) is 1.91. The van der Waals surface area contributed by atoms with E-state index in [1.807, 2.05) is 11.4 Å². The molecule has 0 spiro atoms. The molecule has 0 fully saturated rings. The molecule has 0 aliphatic heterocycles. The SMILES string of the molecule is CN=C(N)Nc1nc(-c2ccc(CCNC(C)=O)s2)cs1. The summed E-state index contributed by atoms with van der Waals surface area (Å²) in [5, 5.41) is 8.42. The molecule has 0 aliphatic rings. The smallest absolute Gasteiger partial charge is 0.216 e. The first-order valence-corrected chi connectivity index (χ1v) is 8.06. The van der Waals surface area contributed by atoms with Crippen LogP contribution in [0.25, 0.3) is 10.6 Å². The lowest BCUT2D eigenvalue weighted by Crippen LogP contribution is -2.22. The van der Waals surface area contributed by atoms with Crippen LogP contribution in [0.1, 0.15) is 11.8 Å². The van der Waals surface area contributed by atoms with Gasteiger partial charge in [0.15, 0.2) is 11.1 Å². The number of aromatic nitrogens is 1. The molecule has 21 heavy (non-hydrogen) atoms. The van der Waals surface area contributed by atoms with Crippen LogP contribution in [0.2, 0.25) is 0 Å². The number of nitrogens with zero attached hydrogens (tertiary/aromatic N) is 2. The number of thiazole rings is 1. The van der Waals surface area contributed by atoms with Crippen molar-refractivity contribution in [1.82, 2.24) is 10.3 Å². The Labute approximate surface area is 131 Å². The fourth-order valence-electron chi connectivity index (χ4n) is 1.62. The second kappa shape index (κ2) is 7.19. The number of hydrogen-bond acceptors (Lipinski definition) is 5. The topological polar surface area (TPSA) is 92.4 Å². The van der Waals surface area contributed by atoms with Gasteiger partial charge in [0.25, 0.3) is 0 Å². The van der Waals surface area contributed by atoms with E-state index < -0.39 is 0 Å². The number of thiophene rings is 1. The number of hydrogen-bond donors (Lipinski definition) is 3. The molecule has 2 aromatic rings. The van der Waals surface area contributed by atoms with E-state index in [1.165, 1.54) is 23.1 Å². The van der Waals surface area contributed by atoms with Gasteiger partial charge in [0.1, 0.15) is 0 Å². The highest BCUT2D eigenvalue weighted by Gasteiger charge is 2.08. The largest absolute Gasteiger partial charge is 0.370 e. The van der Waals surface area contributed by atoms with Gasteiger partial charge in [0.05, 0.1) is 10.6 Å². The van der Waals surface area contributed by atoms with Crippen LogP contribution >= 0.6 is 22.7 Å². The molecule has 2 heterocycles. The second-order valence-corrected chi connectivity index (χ2v) is 6.30. The van der Waals surface area contributed by atoms with Crippen molar-refractivity contribution < 1.29 is 4.79 Å². The highest BCUT2D eigenvalue weighted by molar-refractivity contribution is 7.17. The van der Waals surface area contributed by atoms with E-state index in [2.05, 4.69) is 26.7 Å². The highest BCUT2D eigenvalue weighted by Crippen LogP contribution is 2.30. The van der Waals surface area contributed by atoms with Crippen LogP contribution < -0.4 is 16.4 Å². The third-order valence-corrected chi connectivity index (χ3v) is 4.56. The van der Waals surface area contributed by atoms with Crippen LogP contribution in [-0.2, 0) is 11.2 Å². The summed E-state index contributed by atoms with van der Waals surface area (Å²) in [5.41, 5.74) is 6.53. The van der Waals surface area contributed by atoms with Crippen molar-refractivity contribution in [1.29, 1.82) is 0 Å². The Morgan fingerprint density at radius 3 is 3.00 bits per heavy atom. The lowest BCUT2D eigenvalue weighted by Gasteiger charge is -1.99. The van der Waals surface area contributed by atoms with E-state index in [-0.39, 0.29) is 5.91 Å². The molecule has 2 aromatic heterocycles. The summed E-state index contributed by atoms with van der Waals surface area (Å²) in [4.78, 5) is 21.5. The van der Waals surface area contributed by atoms with Crippen LogP contribution in [-0.4, -0.2) is 30.4 Å². The summed E-state index contributed by atoms with van der Waals surface area (Å²) in [7, 11) is 1.62. The van der Waals surface area contributed by atoms with E-state index in [0.717, 1.165) is 22.1 Å². The van der Waals surface area contributed by atoms with Gasteiger partial charge >= 0.3 is 0 Å². The Balaban J connectivity index is 1.99. The number of carbonyl (C=O) groups excluding carboxylic acids is 1. The number of nitrogens with one attached hydrogen (secondary N) is 2. The molecule has 0 bridgehead atoms. The predicted molar refractivity (Wildman–Crippen MR) is 89.0 cm³/mol. The summed E-state index contributed by atoms with van der Waals surface area (Å²) in [6, 6.07) is 4.11. The van der Waals surface area contributed by atoms with Gasteiger partial charge in [-0.05, 0) is 18.6 Å². The molecule has 0 radical (unpaired) electrons. The minimum atomic E-state index is -0.00262. The Hall–Kier alpha value is -1.93. The summed E-state index contributed by atoms with van der Waals surface area (Å²) >= 11 is 3.16. The molecule has 1 amide bonds. The normalized spacial score (nSPS) is 11.4. The molecule has 0 aromatic carbocycles. The Kier molecular flexibility index (Phi) is 5.29.